The van der Waals surface area contributed by atoms with E-state index in [1.165, 1.54) is 12.8 Å². The molecule has 2 N–H and O–H groups in total. The third-order valence-corrected chi connectivity index (χ3v) is 1.94. The molecule has 1 unspecified atom stereocenters. The van der Waals surface area contributed by atoms with Gasteiger partial charge in [-0.05, 0) is 13.3 Å². The Labute approximate surface area is 80.4 Å². The van der Waals surface area contributed by atoms with Gasteiger partial charge < -0.3 is 10.6 Å². The minimum atomic E-state index is 0. The molecule has 0 fully saturated rings. The third kappa shape index (κ3) is 2.89. The third-order valence-electron chi connectivity index (χ3n) is 1.94. The predicted molar refractivity (Wildman–Crippen MR) is 54.8 cm³/mol. The monoisotopic (exact) mass is 191 g/mol. The van der Waals surface area contributed by atoms with Crippen LogP contribution >= 0.6 is 12.4 Å². The van der Waals surface area contributed by atoms with Crippen molar-refractivity contribution in [2.75, 3.05) is 13.1 Å². The van der Waals surface area contributed by atoms with Crippen LogP contribution in [-0.2, 0) is 0 Å². The molecule has 1 heterocycles. The maximum absolute atomic E-state index is 5.69. The Balaban J connectivity index is 0.00000121. The van der Waals surface area contributed by atoms with E-state index in [4.69, 9.17) is 5.73 Å². The van der Waals surface area contributed by atoms with E-state index in [2.05, 4.69) is 23.7 Å². The summed E-state index contributed by atoms with van der Waals surface area (Å²) in [6.45, 7) is 6.35. The zero-order valence-corrected chi connectivity index (χ0v) is 8.60. The van der Waals surface area contributed by atoms with Gasteiger partial charge in [-0.25, -0.2) is 4.99 Å². The molecular formula is C8H18ClN3. The Morgan fingerprint density at radius 3 is 2.75 bits per heavy atom. The van der Waals surface area contributed by atoms with Gasteiger partial charge in [-0.3, -0.25) is 0 Å². The maximum atomic E-state index is 5.69. The molecule has 1 aliphatic heterocycles. The lowest BCUT2D eigenvalue weighted by molar-refractivity contribution is 0.417. The lowest BCUT2D eigenvalue weighted by atomic mass is 10.3. The standard InChI is InChI=1S/C8H17N3.ClH/c1-3-4-5-11-6-7(2)10-8(11)9;/h7H,3-6H2,1-2H3,(H2,9,10);1H. The second-order valence-corrected chi connectivity index (χ2v) is 3.14. The van der Waals surface area contributed by atoms with Gasteiger partial charge in [-0.15, -0.1) is 12.4 Å². The van der Waals surface area contributed by atoms with Gasteiger partial charge in [0.15, 0.2) is 5.96 Å². The summed E-state index contributed by atoms with van der Waals surface area (Å²) in [4.78, 5) is 6.40. The fourth-order valence-electron chi connectivity index (χ4n) is 1.32. The maximum Gasteiger partial charge on any atom is 0.191 e. The van der Waals surface area contributed by atoms with Crippen molar-refractivity contribution in [3.05, 3.63) is 0 Å². The molecular weight excluding hydrogens is 174 g/mol. The molecule has 0 aliphatic carbocycles. The summed E-state index contributed by atoms with van der Waals surface area (Å²) >= 11 is 0. The average Bonchev–Trinajstić information content (AvgIpc) is 2.26. The molecule has 3 nitrogen and oxygen atoms in total. The molecule has 0 bridgehead atoms. The van der Waals surface area contributed by atoms with Crippen molar-refractivity contribution >= 4 is 18.4 Å². The average molecular weight is 192 g/mol. The normalized spacial score (nSPS) is 22.0. The van der Waals surface area contributed by atoms with Crippen molar-refractivity contribution in [2.45, 2.75) is 32.7 Å². The summed E-state index contributed by atoms with van der Waals surface area (Å²) < 4.78 is 0. The molecule has 1 atom stereocenters. The van der Waals surface area contributed by atoms with Crippen LogP contribution in [0.5, 0.6) is 0 Å². The SMILES string of the molecule is CCCCN1CC(C)N=C1N.Cl. The fourth-order valence-corrected chi connectivity index (χ4v) is 1.32. The van der Waals surface area contributed by atoms with E-state index in [0.29, 0.717) is 6.04 Å². The second-order valence-electron chi connectivity index (χ2n) is 3.14. The zero-order chi connectivity index (χ0) is 8.27. The van der Waals surface area contributed by atoms with Crippen LogP contribution in [0.1, 0.15) is 26.7 Å². The highest BCUT2D eigenvalue weighted by atomic mass is 35.5. The Kier molecular flexibility index (Phi) is 5.06. The lowest BCUT2D eigenvalue weighted by Gasteiger charge is -2.16. The zero-order valence-electron chi connectivity index (χ0n) is 7.79. The number of rotatable bonds is 3. The van der Waals surface area contributed by atoms with Crippen LogP contribution in [-0.4, -0.2) is 30.0 Å². The highest BCUT2D eigenvalue weighted by Gasteiger charge is 2.17. The summed E-state index contributed by atoms with van der Waals surface area (Å²) in [5, 5.41) is 0. The minimum absolute atomic E-state index is 0. The molecule has 1 aliphatic rings. The van der Waals surface area contributed by atoms with Crippen LogP contribution in [0.25, 0.3) is 0 Å². The van der Waals surface area contributed by atoms with Gasteiger partial charge in [0, 0.05) is 13.1 Å². The first-order chi connectivity index (χ1) is 5.24. The van der Waals surface area contributed by atoms with Gasteiger partial charge in [0.1, 0.15) is 0 Å². The van der Waals surface area contributed by atoms with Crippen molar-refractivity contribution in [2.24, 2.45) is 10.7 Å². The minimum Gasteiger partial charge on any atom is -0.370 e. The first-order valence-electron chi connectivity index (χ1n) is 4.32. The van der Waals surface area contributed by atoms with Crippen molar-refractivity contribution in [1.82, 2.24) is 4.90 Å². The Hall–Kier alpha value is -0.440. The summed E-state index contributed by atoms with van der Waals surface area (Å²) in [6, 6.07) is 0.395. The van der Waals surface area contributed by atoms with Crippen molar-refractivity contribution in [3.8, 4) is 0 Å². The van der Waals surface area contributed by atoms with Crippen LogP contribution < -0.4 is 5.73 Å². The number of hydrogen-bond donors (Lipinski definition) is 1. The van der Waals surface area contributed by atoms with E-state index >= 15 is 0 Å². The second kappa shape index (κ2) is 5.25. The van der Waals surface area contributed by atoms with Crippen molar-refractivity contribution in [1.29, 1.82) is 0 Å². The molecule has 0 spiro atoms. The van der Waals surface area contributed by atoms with Crippen LogP contribution in [0, 0.1) is 0 Å². The number of halogens is 1. The Bertz CT molecular complexity index is 158. The lowest BCUT2D eigenvalue weighted by Crippen LogP contribution is -2.35. The van der Waals surface area contributed by atoms with Gasteiger partial charge in [-0.1, -0.05) is 13.3 Å². The quantitative estimate of drug-likeness (QED) is 0.729. The first kappa shape index (κ1) is 11.6. The largest absolute Gasteiger partial charge is 0.370 e. The van der Waals surface area contributed by atoms with E-state index in [0.717, 1.165) is 19.0 Å². The molecule has 72 valence electrons. The summed E-state index contributed by atoms with van der Waals surface area (Å²) in [5.74, 6) is 0.728. The van der Waals surface area contributed by atoms with Gasteiger partial charge in [0.2, 0.25) is 0 Å². The highest BCUT2D eigenvalue weighted by molar-refractivity contribution is 5.85. The van der Waals surface area contributed by atoms with E-state index in [1.54, 1.807) is 0 Å². The number of aliphatic imine (C=N–C) groups is 1. The molecule has 12 heavy (non-hydrogen) atoms. The topological polar surface area (TPSA) is 41.6 Å². The Morgan fingerprint density at radius 2 is 2.33 bits per heavy atom. The summed E-state index contributed by atoms with van der Waals surface area (Å²) in [6.07, 6.45) is 2.43. The molecule has 0 aromatic heterocycles. The first-order valence-corrected chi connectivity index (χ1v) is 4.32. The van der Waals surface area contributed by atoms with Crippen LogP contribution in [0.3, 0.4) is 0 Å². The molecule has 0 saturated heterocycles. The molecule has 4 heteroatoms. The van der Waals surface area contributed by atoms with E-state index in [9.17, 15) is 0 Å². The summed E-state index contributed by atoms with van der Waals surface area (Å²) in [7, 11) is 0. The molecule has 0 aromatic rings. The molecule has 1 rings (SSSR count). The molecule has 0 amide bonds. The van der Waals surface area contributed by atoms with Crippen molar-refractivity contribution in [3.63, 3.8) is 0 Å². The van der Waals surface area contributed by atoms with Crippen LogP contribution in [0.15, 0.2) is 4.99 Å². The molecule has 0 aromatic carbocycles. The smallest absolute Gasteiger partial charge is 0.191 e. The number of nitrogens with zero attached hydrogens (tertiary/aromatic N) is 2. The highest BCUT2D eigenvalue weighted by Crippen LogP contribution is 2.06. The fraction of sp³-hybridized carbons (Fsp3) is 0.875. The number of hydrogen-bond acceptors (Lipinski definition) is 3. The number of unbranched alkanes of at least 4 members (excludes halogenated alkanes) is 1. The predicted octanol–water partition coefficient (Wildman–Crippen LogP) is 1.23. The van der Waals surface area contributed by atoms with E-state index in [-0.39, 0.29) is 12.4 Å². The number of guanidine groups is 1. The van der Waals surface area contributed by atoms with E-state index in [1.807, 2.05) is 0 Å². The number of nitrogens with two attached hydrogens (primary N) is 1. The van der Waals surface area contributed by atoms with Crippen LogP contribution in [0.4, 0.5) is 0 Å². The van der Waals surface area contributed by atoms with Crippen molar-refractivity contribution < 1.29 is 0 Å². The Morgan fingerprint density at radius 1 is 1.67 bits per heavy atom. The summed E-state index contributed by atoms with van der Waals surface area (Å²) in [5.41, 5.74) is 5.69. The molecule has 0 saturated carbocycles. The van der Waals surface area contributed by atoms with Crippen LogP contribution in [0.2, 0.25) is 0 Å². The van der Waals surface area contributed by atoms with Gasteiger partial charge >= 0.3 is 0 Å². The van der Waals surface area contributed by atoms with E-state index < -0.39 is 0 Å². The van der Waals surface area contributed by atoms with Gasteiger partial charge in [0.25, 0.3) is 0 Å². The molecule has 0 radical (unpaired) electrons. The van der Waals surface area contributed by atoms with Gasteiger partial charge in [0.05, 0.1) is 6.04 Å². The van der Waals surface area contributed by atoms with Gasteiger partial charge in [-0.2, -0.15) is 0 Å².